The molecule has 0 aromatic carbocycles. The third-order valence-corrected chi connectivity index (χ3v) is 1.17. The van der Waals surface area contributed by atoms with Gasteiger partial charge >= 0.3 is 8.25 Å². The Bertz CT molecular complexity index is 94.6. The van der Waals surface area contributed by atoms with E-state index in [0.717, 1.165) is 6.42 Å². The number of aliphatic hydroxyl groups is 1. The van der Waals surface area contributed by atoms with Crippen molar-refractivity contribution >= 4 is 8.25 Å². The SMILES string of the molecule is CCCC(O)O[P+](=O)O. The van der Waals surface area contributed by atoms with Gasteiger partial charge in [0.05, 0.1) is 0 Å². The molecular formula is C4H10O4P+. The van der Waals surface area contributed by atoms with Crippen molar-refractivity contribution in [3.05, 3.63) is 0 Å². The predicted molar refractivity (Wildman–Crippen MR) is 31.8 cm³/mol. The summed E-state index contributed by atoms with van der Waals surface area (Å²) in [6.07, 6.45) is 0.0232. The maximum atomic E-state index is 9.85. The summed E-state index contributed by atoms with van der Waals surface area (Å²) in [7, 11) is -2.65. The van der Waals surface area contributed by atoms with E-state index < -0.39 is 14.5 Å². The summed E-state index contributed by atoms with van der Waals surface area (Å²) in [5.74, 6) is 0. The highest BCUT2D eigenvalue weighted by Crippen LogP contribution is 2.18. The number of hydrogen-bond donors (Lipinski definition) is 2. The Kier molecular flexibility index (Phi) is 4.81. The molecule has 0 fully saturated rings. The normalized spacial score (nSPS) is 15.2. The van der Waals surface area contributed by atoms with Gasteiger partial charge in [0, 0.05) is 11.0 Å². The fraction of sp³-hybridized carbons (Fsp3) is 1.00. The molecule has 0 spiro atoms. The van der Waals surface area contributed by atoms with Crippen molar-refractivity contribution in [1.29, 1.82) is 0 Å². The van der Waals surface area contributed by atoms with E-state index >= 15 is 0 Å². The van der Waals surface area contributed by atoms with Crippen molar-refractivity contribution in [3.8, 4) is 0 Å². The monoisotopic (exact) mass is 153 g/mol. The van der Waals surface area contributed by atoms with Crippen molar-refractivity contribution in [1.82, 2.24) is 0 Å². The van der Waals surface area contributed by atoms with E-state index in [1.807, 2.05) is 6.92 Å². The summed E-state index contributed by atoms with van der Waals surface area (Å²) in [4.78, 5) is 8.08. The van der Waals surface area contributed by atoms with E-state index in [1.54, 1.807) is 0 Å². The van der Waals surface area contributed by atoms with Crippen LogP contribution in [0, 0.1) is 0 Å². The lowest BCUT2D eigenvalue weighted by atomic mass is 10.3. The Morgan fingerprint density at radius 3 is 2.67 bits per heavy atom. The average molecular weight is 153 g/mol. The van der Waals surface area contributed by atoms with Crippen LogP contribution in [0.4, 0.5) is 0 Å². The van der Waals surface area contributed by atoms with Crippen molar-refractivity contribution in [3.63, 3.8) is 0 Å². The Hall–Kier alpha value is -0.0200. The summed E-state index contributed by atoms with van der Waals surface area (Å²) in [6, 6.07) is 0. The van der Waals surface area contributed by atoms with Gasteiger partial charge in [-0.2, -0.15) is 0 Å². The molecule has 0 radical (unpaired) electrons. The lowest BCUT2D eigenvalue weighted by Crippen LogP contribution is -2.05. The van der Waals surface area contributed by atoms with Gasteiger partial charge < -0.3 is 5.11 Å². The molecule has 54 valence electrons. The molecule has 0 saturated carbocycles. The lowest BCUT2D eigenvalue weighted by Gasteiger charge is -1.96. The van der Waals surface area contributed by atoms with Crippen molar-refractivity contribution in [2.75, 3.05) is 0 Å². The summed E-state index contributed by atoms with van der Waals surface area (Å²) in [5, 5.41) is 8.65. The predicted octanol–water partition coefficient (Wildman–Crippen LogP) is 0.771. The first kappa shape index (κ1) is 8.98. The highest BCUT2D eigenvalue weighted by atomic mass is 31.1. The van der Waals surface area contributed by atoms with Crippen LogP contribution in [0.15, 0.2) is 0 Å². The molecule has 0 aromatic rings. The van der Waals surface area contributed by atoms with Gasteiger partial charge in [0.25, 0.3) is 0 Å². The van der Waals surface area contributed by atoms with Gasteiger partial charge in [-0.15, -0.1) is 4.89 Å². The molecule has 0 rings (SSSR count). The second-order valence-electron chi connectivity index (χ2n) is 1.59. The van der Waals surface area contributed by atoms with Crippen molar-refractivity contribution < 1.29 is 19.1 Å². The Balaban J connectivity index is 3.26. The molecule has 0 amide bonds. The van der Waals surface area contributed by atoms with Crippen LogP contribution in [-0.4, -0.2) is 16.3 Å². The zero-order valence-electron chi connectivity index (χ0n) is 5.15. The molecule has 2 atom stereocenters. The molecule has 0 aliphatic rings. The summed E-state index contributed by atoms with van der Waals surface area (Å²) >= 11 is 0. The maximum Gasteiger partial charge on any atom is 0.697 e. The van der Waals surface area contributed by atoms with E-state index in [2.05, 4.69) is 4.52 Å². The first-order valence-electron chi connectivity index (χ1n) is 2.67. The second-order valence-corrected chi connectivity index (χ2v) is 2.27. The molecule has 0 saturated heterocycles. The van der Waals surface area contributed by atoms with Crippen LogP contribution < -0.4 is 0 Å². The van der Waals surface area contributed by atoms with Crippen LogP contribution in [0.1, 0.15) is 19.8 Å². The van der Waals surface area contributed by atoms with Gasteiger partial charge in [-0.3, -0.25) is 0 Å². The van der Waals surface area contributed by atoms with Gasteiger partial charge in [-0.25, -0.2) is 0 Å². The smallest absolute Gasteiger partial charge is 0.364 e. The van der Waals surface area contributed by atoms with Crippen molar-refractivity contribution in [2.24, 2.45) is 0 Å². The van der Waals surface area contributed by atoms with E-state index in [9.17, 15) is 4.57 Å². The second kappa shape index (κ2) is 4.82. The minimum atomic E-state index is -2.65. The topological polar surface area (TPSA) is 66.8 Å². The highest BCUT2D eigenvalue weighted by Gasteiger charge is 2.18. The lowest BCUT2D eigenvalue weighted by molar-refractivity contribution is -0.0244. The largest absolute Gasteiger partial charge is 0.697 e. The standard InChI is InChI=1S/C4H9O4P/c1-2-3-4(5)8-9(6)7/h4-5H,2-3H2,1H3/p+1. The molecule has 0 aromatic heterocycles. The molecule has 2 unspecified atom stereocenters. The van der Waals surface area contributed by atoms with Gasteiger partial charge in [0.15, 0.2) is 0 Å². The first-order chi connectivity index (χ1) is 4.16. The Labute approximate surface area is 54.4 Å². The minimum Gasteiger partial charge on any atom is -0.364 e. The fourth-order valence-corrected chi connectivity index (χ4v) is 0.717. The number of rotatable bonds is 4. The Morgan fingerprint density at radius 2 is 2.33 bits per heavy atom. The molecule has 0 aliphatic carbocycles. The summed E-state index contributed by atoms with van der Waals surface area (Å²) in [6.45, 7) is 1.84. The molecule has 5 heteroatoms. The zero-order valence-corrected chi connectivity index (χ0v) is 6.04. The van der Waals surface area contributed by atoms with Gasteiger partial charge in [0.2, 0.25) is 6.29 Å². The summed E-state index contributed by atoms with van der Waals surface area (Å²) in [5.41, 5.74) is 0. The molecule has 0 heterocycles. The number of aliphatic hydroxyl groups excluding tert-OH is 1. The van der Waals surface area contributed by atoms with Crippen LogP contribution in [-0.2, 0) is 9.09 Å². The Morgan fingerprint density at radius 1 is 1.78 bits per heavy atom. The van der Waals surface area contributed by atoms with Crippen LogP contribution >= 0.6 is 8.25 Å². The van der Waals surface area contributed by atoms with Crippen LogP contribution in [0.25, 0.3) is 0 Å². The van der Waals surface area contributed by atoms with Crippen molar-refractivity contribution in [2.45, 2.75) is 26.1 Å². The fourth-order valence-electron chi connectivity index (χ4n) is 0.404. The van der Waals surface area contributed by atoms with Gasteiger partial charge in [-0.1, -0.05) is 17.9 Å². The minimum absolute atomic E-state index is 0.391. The third kappa shape index (κ3) is 5.86. The van der Waals surface area contributed by atoms with E-state index in [1.165, 1.54) is 0 Å². The zero-order chi connectivity index (χ0) is 7.28. The summed E-state index contributed by atoms with van der Waals surface area (Å²) < 4.78 is 14.0. The molecular weight excluding hydrogens is 143 g/mol. The maximum absolute atomic E-state index is 9.85. The van der Waals surface area contributed by atoms with E-state index in [4.69, 9.17) is 10.00 Å². The van der Waals surface area contributed by atoms with E-state index in [0.29, 0.717) is 6.42 Å². The molecule has 4 nitrogen and oxygen atoms in total. The molecule has 9 heavy (non-hydrogen) atoms. The van der Waals surface area contributed by atoms with Gasteiger partial charge in [0.1, 0.15) is 0 Å². The third-order valence-electron chi connectivity index (χ3n) is 0.747. The quantitative estimate of drug-likeness (QED) is 0.462. The molecule has 0 aliphatic heterocycles. The van der Waals surface area contributed by atoms with Crippen LogP contribution in [0.5, 0.6) is 0 Å². The first-order valence-corrected chi connectivity index (χ1v) is 3.80. The van der Waals surface area contributed by atoms with E-state index in [-0.39, 0.29) is 0 Å². The van der Waals surface area contributed by atoms with Gasteiger partial charge in [-0.05, 0) is 0 Å². The highest BCUT2D eigenvalue weighted by molar-refractivity contribution is 7.32. The van der Waals surface area contributed by atoms with Crippen LogP contribution in [0.2, 0.25) is 0 Å². The number of hydrogen-bond acceptors (Lipinski definition) is 3. The molecule has 0 bridgehead atoms. The average Bonchev–Trinajstić information content (AvgIpc) is 1.63. The van der Waals surface area contributed by atoms with Crippen LogP contribution in [0.3, 0.4) is 0 Å². The molecule has 2 N–H and O–H groups in total.